The lowest BCUT2D eigenvalue weighted by atomic mass is 10.2. The van der Waals surface area contributed by atoms with Gasteiger partial charge in [-0.3, -0.25) is 18.9 Å². The van der Waals surface area contributed by atoms with Gasteiger partial charge < -0.3 is 10.2 Å². The van der Waals surface area contributed by atoms with Crippen molar-refractivity contribution in [1.82, 2.24) is 14.3 Å². The summed E-state index contributed by atoms with van der Waals surface area (Å²) in [5.41, 5.74) is 0.820. The number of rotatable bonds is 3. The molecule has 3 heterocycles. The molecule has 0 aliphatic carbocycles. The Hall–Kier alpha value is -2.25. The smallest absolute Gasteiger partial charge is 0.321 e. The van der Waals surface area contributed by atoms with Crippen LogP contribution in [0, 0.1) is 0 Å². The largest absolute Gasteiger partial charge is 0.480 e. The van der Waals surface area contributed by atoms with Crippen LogP contribution in [0.5, 0.6) is 0 Å². The minimum absolute atomic E-state index is 0.196. The number of aromatic nitrogens is 2. The Morgan fingerprint density at radius 1 is 1.43 bits per heavy atom. The number of carboxylic acid groups (broad SMARTS) is 1. The van der Waals surface area contributed by atoms with Crippen LogP contribution in [0.1, 0.15) is 12.1 Å². The second-order valence-corrected chi connectivity index (χ2v) is 5.19. The second kappa shape index (κ2) is 5.27. The molecule has 2 unspecified atom stereocenters. The number of nitrogens with zero attached hydrogens (tertiary/aromatic N) is 3. The summed E-state index contributed by atoms with van der Waals surface area (Å²) in [6.45, 7) is 0.501. The number of carbonyl (C=O) groups is 1. The first kappa shape index (κ1) is 13.7. The Bertz CT molecular complexity index is 742. The molecule has 2 atom stereocenters. The van der Waals surface area contributed by atoms with Gasteiger partial charge in [0.15, 0.2) is 0 Å². The fraction of sp³-hybridized carbons (Fsp3) is 0.357. The number of hydrogen-bond acceptors (Lipinski definition) is 5. The Kier molecular flexibility index (Phi) is 3.44. The number of carboxylic acids is 1. The highest BCUT2D eigenvalue weighted by atomic mass is 16.4. The predicted molar refractivity (Wildman–Crippen MR) is 73.9 cm³/mol. The molecule has 1 fully saturated rings. The normalized spacial score (nSPS) is 22.7. The van der Waals surface area contributed by atoms with Gasteiger partial charge in [0.2, 0.25) is 0 Å². The molecule has 2 aromatic heterocycles. The van der Waals surface area contributed by atoms with E-state index in [2.05, 4.69) is 4.98 Å². The Balaban J connectivity index is 1.91. The third kappa shape index (κ3) is 2.65. The van der Waals surface area contributed by atoms with Crippen molar-refractivity contribution in [2.45, 2.75) is 25.1 Å². The molecule has 1 aliphatic heterocycles. The molecule has 0 saturated carbocycles. The van der Waals surface area contributed by atoms with Gasteiger partial charge in [0.1, 0.15) is 11.7 Å². The van der Waals surface area contributed by atoms with Gasteiger partial charge in [0.05, 0.1) is 11.8 Å². The second-order valence-electron chi connectivity index (χ2n) is 5.19. The van der Waals surface area contributed by atoms with Crippen LogP contribution in [-0.2, 0) is 11.3 Å². The van der Waals surface area contributed by atoms with Crippen molar-refractivity contribution >= 4 is 11.6 Å². The summed E-state index contributed by atoms with van der Waals surface area (Å²) < 4.78 is 1.43. The molecule has 110 valence electrons. The molecule has 0 bridgehead atoms. The molecule has 1 aliphatic rings. The molecule has 0 amide bonds. The van der Waals surface area contributed by atoms with Gasteiger partial charge in [0.25, 0.3) is 5.56 Å². The molecule has 1 saturated heterocycles. The molecular weight excluding hydrogens is 274 g/mol. The third-order valence-corrected chi connectivity index (χ3v) is 3.66. The third-order valence-electron chi connectivity index (χ3n) is 3.66. The van der Waals surface area contributed by atoms with Gasteiger partial charge in [-0.15, -0.1) is 0 Å². The number of pyridine rings is 1. The maximum atomic E-state index is 12.0. The molecule has 2 aromatic rings. The van der Waals surface area contributed by atoms with Crippen LogP contribution in [0.4, 0.5) is 0 Å². The summed E-state index contributed by atoms with van der Waals surface area (Å²) in [4.78, 5) is 29.2. The standard InChI is InChI=1S/C14H15N3O4/c18-10-6-11(14(20)21)16(8-10)7-9-5-13(19)17-4-2-1-3-12(17)15-9/h1-5,10-11,18H,6-8H2,(H,20,21). The quantitative estimate of drug-likeness (QED) is 0.806. The van der Waals surface area contributed by atoms with Gasteiger partial charge in [-0.1, -0.05) is 6.07 Å². The van der Waals surface area contributed by atoms with Crippen molar-refractivity contribution in [3.8, 4) is 0 Å². The first-order chi connectivity index (χ1) is 10.0. The van der Waals surface area contributed by atoms with Gasteiger partial charge in [0, 0.05) is 31.8 Å². The average Bonchev–Trinajstić information content (AvgIpc) is 2.80. The molecule has 0 radical (unpaired) electrons. The fourth-order valence-electron chi connectivity index (χ4n) is 2.70. The fourth-order valence-corrected chi connectivity index (χ4v) is 2.70. The van der Waals surface area contributed by atoms with E-state index >= 15 is 0 Å². The zero-order valence-electron chi connectivity index (χ0n) is 11.2. The van der Waals surface area contributed by atoms with Crippen LogP contribution in [-0.4, -0.2) is 49.2 Å². The van der Waals surface area contributed by atoms with Gasteiger partial charge >= 0.3 is 5.97 Å². The zero-order chi connectivity index (χ0) is 15.0. The minimum atomic E-state index is -0.968. The van der Waals surface area contributed by atoms with Gasteiger partial charge in [-0.2, -0.15) is 0 Å². The minimum Gasteiger partial charge on any atom is -0.480 e. The predicted octanol–water partition coefficient (Wildman–Crippen LogP) is -0.286. The lowest BCUT2D eigenvalue weighted by molar-refractivity contribution is -0.142. The lowest BCUT2D eigenvalue weighted by Crippen LogP contribution is -2.36. The van der Waals surface area contributed by atoms with Crippen molar-refractivity contribution in [1.29, 1.82) is 0 Å². The number of fused-ring (bicyclic) bond motifs is 1. The maximum Gasteiger partial charge on any atom is 0.321 e. The summed E-state index contributed by atoms with van der Waals surface area (Å²) in [6.07, 6.45) is 1.17. The van der Waals surface area contributed by atoms with E-state index in [1.54, 1.807) is 29.3 Å². The number of aliphatic hydroxyl groups excluding tert-OH is 1. The van der Waals surface area contributed by atoms with Crippen molar-refractivity contribution in [2.24, 2.45) is 0 Å². The lowest BCUT2D eigenvalue weighted by Gasteiger charge is -2.20. The Morgan fingerprint density at radius 2 is 2.24 bits per heavy atom. The number of aliphatic carboxylic acids is 1. The van der Waals surface area contributed by atoms with E-state index in [0.717, 1.165) is 0 Å². The number of likely N-dealkylation sites (tertiary alicyclic amines) is 1. The highest BCUT2D eigenvalue weighted by Gasteiger charge is 2.36. The monoisotopic (exact) mass is 289 g/mol. The van der Waals surface area contributed by atoms with E-state index in [1.807, 2.05) is 0 Å². The summed E-state index contributed by atoms with van der Waals surface area (Å²) in [5, 5.41) is 18.8. The van der Waals surface area contributed by atoms with Gasteiger partial charge in [-0.05, 0) is 12.1 Å². The van der Waals surface area contributed by atoms with E-state index in [1.165, 1.54) is 10.5 Å². The first-order valence-corrected chi connectivity index (χ1v) is 6.67. The van der Waals surface area contributed by atoms with Crippen LogP contribution in [0.3, 0.4) is 0 Å². The summed E-state index contributed by atoms with van der Waals surface area (Å²) >= 11 is 0. The van der Waals surface area contributed by atoms with E-state index in [9.17, 15) is 14.7 Å². The molecule has 3 rings (SSSR count). The highest BCUT2D eigenvalue weighted by molar-refractivity contribution is 5.74. The van der Waals surface area contributed by atoms with Crippen LogP contribution >= 0.6 is 0 Å². The van der Waals surface area contributed by atoms with E-state index < -0.39 is 18.1 Å². The Labute approximate surface area is 120 Å². The topological polar surface area (TPSA) is 95.1 Å². The molecular formula is C14H15N3O4. The molecule has 0 aromatic carbocycles. The first-order valence-electron chi connectivity index (χ1n) is 6.67. The highest BCUT2D eigenvalue weighted by Crippen LogP contribution is 2.20. The molecule has 7 nitrogen and oxygen atoms in total. The van der Waals surface area contributed by atoms with Crippen LogP contribution in [0.15, 0.2) is 35.3 Å². The summed E-state index contributed by atoms with van der Waals surface area (Å²) in [6, 6.07) is 5.91. The van der Waals surface area contributed by atoms with E-state index in [0.29, 0.717) is 11.3 Å². The maximum absolute atomic E-state index is 12.0. The molecule has 21 heavy (non-hydrogen) atoms. The number of hydrogen-bond donors (Lipinski definition) is 2. The summed E-state index contributed by atoms with van der Waals surface area (Å²) in [7, 11) is 0. The summed E-state index contributed by atoms with van der Waals surface area (Å²) in [5.74, 6) is -0.968. The van der Waals surface area contributed by atoms with Crippen molar-refractivity contribution in [3.63, 3.8) is 0 Å². The van der Waals surface area contributed by atoms with Crippen molar-refractivity contribution in [2.75, 3.05) is 6.54 Å². The Morgan fingerprint density at radius 3 is 3.00 bits per heavy atom. The van der Waals surface area contributed by atoms with Crippen molar-refractivity contribution < 1.29 is 15.0 Å². The van der Waals surface area contributed by atoms with Crippen LogP contribution in [0.2, 0.25) is 0 Å². The SMILES string of the molecule is O=C(O)C1CC(O)CN1Cc1cc(=O)n2ccccc2n1. The number of β-amino-alcohol motifs (C(OH)–C–C–N with tert-alkyl or cyclic N) is 1. The number of aliphatic hydroxyl groups is 1. The molecule has 0 spiro atoms. The van der Waals surface area contributed by atoms with Crippen LogP contribution < -0.4 is 5.56 Å². The van der Waals surface area contributed by atoms with E-state index in [4.69, 9.17) is 5.11 Å². The van der Waals surface area contributed by atoms with E-state index in [-0.39, 0.29) is 25.1 Å². The zero-order valence-corrected chi connectivity index (χ0v) is 11.2. The van der Waals surface area contributed by atoms with Gasteiger partial charge in [-0.25, -0.2) is 4.98 Å². The average molecular weight is 289 g/mol. The molecule has 2 N–H and O–H groups in total. The van der Waals surface area contributed by atoms with Crippen LogP contribution in [0.25, 0.3) is 5.65 Å². The van der Waals surface area contributed by atoms with Crippen molar-refractivity contribution in [3.05, 3.63) is 46.5 Å². The molecule has 7 heteroatoms.